The molecule has 0 atom stereocenters. The summed E-state index contributed by atoms with van der Waals surface area (Å²) in [7, 11) is 0. The number of ether oxygens (including phenoxy) is 2. The number of hydrogen-bond donors (Lipinski definition) is 1. The second kappa shape index (κ2) is 6.49. The number of benzene rings is 1. The molecule has 0 bridgehead atoms. The molecule has 1 saturated carbocycles. The number of imidazole rings is 1. The van der Waals surface area contributed by atoms with E-state index in [4.69, 9.17) is 14.5 Å². The van der Waals surface area contributed by atoms with Crippen molar-refractivity contribution < 1.29 is 14.3 Å². The molecule has 7 nitrogen and oxygen atoms in total. The second-order valence-corrected chi connectivity index (χ2v) is 8.74. The zero-order valence-electron chi connectivity index (χ0n) is 16.5. The molecule has 4 heterocycles. The van der Waals surface area contributed by atoms with Crippen LogP contribution in [0.15, 0.2) is 24.5 Å². The largest absolute Gasteiger partial charge is 0.454 e. The Morgan fingerprint density at radius 2 is 2.00 bits per heavy atom. The monoisotopic (exact) mass is 394 g/mol. The van der Waals surface area contributed by atoms with Crippen molar-refractivity contribution in [3.05, 3.63) is 41.5 Å². The van der Waals surface area contributed by atoms with E-state index in [1.165, 1.54) is 11.3 Å². The van der Waals surface area contributed by atoms with Crippen molar-refractivity contribution in [2.75, 3.05) is 26.4 Å². The van der Waals surface area contributed by atoms with Crippen molar-refractivity contribution in [2.45, 2.75) is 44.2 Å². The molecule has 152 valence electrons. The lowest BCUT2D eigenvalue weighted by molar-refractivity contribution is -0.143. The molecule has 6 rings (SSSR count). The summed E-state index contributed by atoms with van der Waals surface area (Å²) in [5.41, 5.74) is 3.33. The molecular weight excluding hydrogens is 368 g/mol. The topological polar surface area (TPSA) is 70.7 Å². The number of likely N-dealkylation sites (tertiary alicyclic amines) is 1. The van der Waals surface area contributed by atoms with Crippen LogP contribution >= 0.6 is 0 Å². The Balaban J connectivity index is 1.22. The van der Waals surface area contributed by atoms with Crippen molar-refractivity contribution in [3.63, 3.8) is 0 Å². The van der Waals surface area contributed by atoms with E-state index >= 15 is 0 Å². The van der Waals surface area contributed by atoms with Crippen molar-refractivity contribution in [3.8, 4) is 11.5 Å². The number of H-pyrrole nitrogens is 1. The van der Waals surface area contributed by atoms with Crippen LogP contribution in [-0.2, 0) is 23.3 Å². The molecule has 1 saturated heterocycles. The van der Waals surface area contributed by atoms with Crippen LogP contribution in [0.25, 0.3) is 0 Å². The highest BCUT2D eigenvalue weighted by atomic mass is 16.7. The zero-order chi connectivity index (χ0) is 19.4. The average Bonchev–Trinajstić information content (AvgIpc) is 3.29. The molecule has 0 radical (unpaired) electrons. The predicted molar refractivity (Wildman–Crippen MR) is 105 cm³/mol. The number of rotatable bonds is 3. The van der Waals surface area contributed by atoms with Crippen LogP contribution in [0.3, 0.4) is 0 Å². The molecule has 4 aliphatic rings. The minimum Gasteiger partial charge on any atom is -0.454 e. The normalized spacial score (nSPS) is 22.7. The molecule has 3 aliphatic heterocycles. The molecule has 1 N–H and O–H groups in total. The first-order valence-electron chi connectivity index (χ1n) is 10.7. The summed E-state index contributed by atoms with van der Waals surface area (Å²) in [6, 6.07) is 6.20. The quantitative estimate of drug-likeness (QED) is 0.866. The van der Waals surface area contributed by atoms with Gasteiger partial charge in [-0.2, -0.15) is 0 Å². The predicted octanol–water partition coefficient (Wildman–Crippen LogP) is 2.42. The number of nitrogens with zero attached hydrogens (tertiary/aromatic N) is 3. The number of carbonyl (C=O) groups excluding carboxylic acids is 1. The number of hydrogen-bond acceptors (Lipinski definition) is 5. The third kappa shape index (κ3) is 2.82. The van der Waals surface area contributed by atoms with Gasteiger partial charge in [0.05, 0.1) is 17.6 Å². The zero-order valence-corrected chi connectivity index (χ0v) is 16.5. The van der Waals surface area contributed by atoms with Crippen molar-refractivity contribution >= 4 is 5.91 Å². The molecule has 1 aromatic heterocycles. The maximum Gasteiger partial charge on any atom is 0.231 e. The van der Waals surface area contributed by atoms with Gasteiger partial charge in [-0.3, -0.25) is 9.69 Å². The Morgan fingerprint density at radius 1 is 1.17 bits per heavy atom. The Morgan fingerprint density at radius 3 is 2.83 bits per heavy atom. The first kappa shape index (κ1) is 17.3. The summed E-state index contributed by atoms with van der Waals surface area (Å²) in [6.07, 6.45) is 6.67. The highest BCUT2D eigenvalue weighted by Gasteiger charge is 2.50. The second-order valence-electron chi connectivity index (χ2n) is 8.74. The minimum atomic E-state index is -0.237. The number of piperidine rings is 1. The van der Waals surface area contributed by atoms with E-state index in [0.29, 0.717) is 12.7 Å². The fourth-order valence-corrected chi connectivity index (χ4v) is 5.24. The van der Waals surface area contributed by atoms with Crippen molar-refractivity contribution in [2.24, 2.45) is 5.92 Å². The van der Waals surface area contributed by atoms with E-state index in [-0.39, 0.29) is 11.5 Å². The maximum atomic E-state index is 13.1. The van der Waals surface area contributed by atoms with Crippen LogP contribution in [-0.4, -0.2) is 52.1 Å². The van der Waals surface area contributed by atoms with Crippen LogP contribution in [0, 0.1) is 5.92 Å². The Labute approximate surface area is 170 Å². The van der Waals surface area contributed by atoms with E-state index in [1.807, 2.05) is 6.07 Å². The van der Waals surface area contributed by atoms with Crippen LogP contribution in [0.5, 0.6) is 11.5 Å². The lowest BCUT2D eigenvalue weighted by Gasteiger charge is -2.50. The minimum absolute atomic E-state index is 0.237. The maximum absolute atomic E-state index is 13.1. The number of carbonyl (C=O) groups is 1. The van der Waals surface area contributed by atoms with Crippen LogP contribution in [0.4, 0.5) is 0 Å². The summed E-state index contributed by atoms with van der Waals surface area (Å²) in [5, 5.41) is 0. The lowest BCUT2D eigenvalue weighted by Crippen LogP contribution is -2.58. The first-order chi connectivity index (χ1) is 14.2. The number of amides is 1. The molecular formula is C22H26N4O3. The Kier molecular flexibility index (Phi) is 3.88. The molecule has 1 amide bonds. The van der Waals surface area contributed by atoms with E-state index in [1.54, 1.807) is 6.33 Å². The molecule has 1 aliphatic carbocycles. The van der Waals surface area contributed by atoms with Gasteiger partial charge in [0, 0.05) is 44.2 Å². The smallest absolute Gasteiger partial charge is 0.231 e. The summed E-state index contributed by atoms with van der Waals surface area (Å²) >= 11 is 0. The van der Waals surface area contributed by atoms with E-state index in [9.17, 15) is 4.79 Å². The number of fused-ring (bicyclic) bond motifs is 3. The van der Waals surface area contributed by atoms with E-state index < -0.39 is 0 Å². The third-order valence-electron chi connectivity index (χ3n) is 6.98. The Hall–Kier alpha value is -2.54. The molecule has 1 spiro atoms. The molecule has 29 heavy (non-hydrogen) atoms. The summed E-state index contributed by atoms with van der Waals surface area (Å²) in [6.45, 7) is 3.91. The van der Waals surface area contributed by atoms with Gasteiger partial charge in [0.1, 0.15) is 0 Å². The Bertz CT molecular complexity index is 943. The highest BCUT2D eigenvalue weighted by molar-refractivity contribution is 5.82. The molecule has 1 aromatic carbocycles. The molecule has 0 unspecified atom stereocenters. The number of nitrogens with one attached hydrogen (secondary N) is 1. The average molecular weight is 394 g/mol. The van der Waals surface area contributed by atoms with Gasteiger partial charge in [-0.1, -0.05) is 6.07 Å². The van der Waals surface area contributed by atoms with Gasteiger partial charge < -0.3 is 19.4 Å². The molecule has 7 heteroatoms. The van der Waals surface area contributed by atoms with Gasteiger partial charge >= 0.3 is 0 Å². The number of aromatic nitrogens is 2. The summed E-state index contributed by atoms with van der Waals surface area (Å²) in [5.74, 6) is 2.27. The fraction of sp³-hybridized carbons (Fsp3) is 0.545. The molecule has 2 aromatic rings. The fourth-order valence-electron chi connectivity index (χ4n) is 5.24. The van der Waals surface area contributed by atoms with Crippen LogP contribution in [0.1, 0.15) is 42.6 Å². The van der Waals surface area contributed by atoms with Gasteiger partial charge in [-0.15, -0.1) is 0 Å². The number of aromatic amines is 1. The van der Waals surface area contributed by atoms with Gasteiger partial charge in [0.15, 0.2) is 11.5 Å². The standard InChI is InChI=1S/C22H26N4O3/c27-21(16-2-3-16)26-8-5-17-20(24-13-23-17)22(26)6-9-25(10-7-22)12-15-1-4-18-19(11-15)29-14-28-18/h1,4,11,13,16H,2-3,5-10,12,14H2,(H,23,24). The SMILES string of the molecule is O=C(C1CC1)N1CCc2[nH]cnc2C12CCN(Cc1ccc3c(c1)OCO3)CC2. The molecule has 2 fully saturated rings. The van der Waals surface area contributed by atoms with Crippen LogP contribution < -0.4 is 9.47 Å². The summed E-state index contributed by atoms with van der Waals surface area (Å²) in [4.78, 5) is 25.8. The van der Waals surface area contributed by atoms with E-state index in [2.05, 4.69) is 26.9 Å². The van der Waals surface area contributed by atoms with E-state index in [0.717, 1.165) is 75.5 Å². The van der Waals surface area contributed by atoms with Gasteiger partial charge in [0.2, 0.25) is 12.7 Å². The van der Waals surface area contributed by atoms with Crippen molar-refractivity contribution in [1.29, 1.82) is 0 Å². The first-order valence-corrected chi connectivity index (χ1v) is 10.7. The highest BCUT2D eigenvalue weighted by Crippen LogP contribution is 2.45. The van der Waals surface area contributed by atoms with Gasteiger partial charge in [-0.25, -0.2) is 4.98 Å². The lowest BCUT2D eigenvalue weighted by atomic mass is 9.78. The summed E-state index contributed by atoms with van der Waals surface area (Å²) < 4.78 is 10.9. The van der Waals surface area contributed by atoms with Gasteiger partial charge in [-0.05, 0) is 43.4 Å². The van der Waals surface area contributed by atoms with Crippen LogP contribution in [0.2, 0.25) is 0 Å². The van der Waals surface area contributed by atoms with Crippen molar-refractivity contribution in [1.82, 2.24) is 19.8 Å². The van der Waals surface area contributed by atoms with Gasteiger partial charge in [0.25, 0.3) is 0 Å². The third-order valence-corrected chi connectivity index (χ3v) is 6.98.